The Hall–Kier alpha value is -1.60. The molecule has 2 bridgehead atoms. The smallest absolute Gasteiger partial charge is 0.345 e. The van der Waals surface area contributed by atoms with Crippen molar-refractivity contribution >= 4 is 11.9 Å². The third-order valence-corrected chi connectivity index (χ3v) is 2.86. The Morgan fingerprint density at radius 1 is 1.75 bits per heavy atom. The van der Waals surface area contributed by atoms with Gasteiger partial charge in [-0.25, -0.2) is 4.79 Å². The van der Waals surface area contributed by atoms with Crippen LogP contribution < -0.4 is 5.73 Å². The van der Waals surface area contributed by atoms with Gasteiger partial charge in [-0.15, -0.1) is 0 Å². The van der Waals surface area contributed by atoms with Crippen molar-refractivity contribution in [1.82, 2.24) is 9.96 Å². The second-order valence-electron chi connectivity index (χ2n) is 3.80. The van der Waals surface area contributed by atoms with Crippen LogP contribution in [0.3, 0.4) is 0 Å². The number of ether oxygens (including phenoxy) is 1. The zero-order valence-electron chi connectivity index (χ0n) is 8.79. The van der Waals surface area contributed by atoms with Gasteiger partial charge in [0.25, 0.3) is 0 Å². The number of hydrogen-bond acceptors (Lipinski definition) is 4. The fourth-order valence-electron chi connectivity index (χ4n) is 2.08. The molecule has 3 amide bonds. The van der Waals surface area contributed by atoms with Crippen molar-refractivity contribution in [3.8, 4) is 0 Å². The zero-order chi connectivity index (χ0) is 11.9. The molecule has 3 N–H and O–H groups in total. The predicted octanol–water partition coefficient (Wildman–Crippen LogP) is -1.08. The van der Waals surface area contributed by atoms with E-state index in [4.69, 9.17) is 10.5 Å². The molecule has 0 spiro atoms. The van der Waals surface area contributed by atoms with Gasteiger partial charge in [0, 0.05) is 12.7 Å². The minimum atomic E-state index is -0.655. The summed E-state index contributed by atoms with van der Waals surface area (Å²) < 4.78 is 4.95. The van der Waals surface area contributed by atoms with E-state index >= 15 is 0 Å². The van der Waals surface area contributed by atoms with Crippen molar-refractivity contribution in [3.05, 3.63) is 11.6 Å². The van der Waals surface area contributed by atoms with Crippen LogP contribution in [0.5, 0.6) is 0 Å². The summed E-state index contributed by atoms with van der Waals surface area (Å²) in [4.78, 5) is 24.2. The third kappa shape index (κ3) is 1.44. The van der Waals surface area contributed by atoms with Gasteiger partial charge in [0.1, 0.15) is 6.04 Å². The van der Waals surface area contributed by atoms with Crippen LogP contribution in [0, 0.1) is 0 Å². The van der Waals surface area contributed by atoms with E-state index in [0.717, 1.165) is 0 Å². The Bertz CT molecular complexity index is 368. The second kappa shape index (κ2) is 3.76. The molecular weight excluding hydrogens is 214 g/mol. The molecule has 1 fully saturated rings. The largest absolute Gasteiger partial charge is 0.382 e. The van der Waals surface area contributed by atoms with E-state index in [0.29, 0.717) is 5.06 Å². The maximum atomic E-state index is 11.6. The molecule has 2 aliphatic heterocycles. The van der Waals surface area contributed by atoms with E-state index in [1.54, 1.807) is 6.08 Å². The van der Waals surface area contributed by atoms with Crippen molar-refractivity contribution in [2.75, 3.05) is 20.3 Å². The fourth-order valence-corrected chi connectivity index (χ4v) is 2.08. The van der Waals surface area contributed by atoms with Gasteiger partial charge < -0.3 is 15.4 Å². The van der Waals surface area contributed by atoms with Gasteiger partial charge in [-0.1, -0.05) is 0 Å². The first-order valence-electron chi connectivity index (χ1n) is 4.85. The van der Waals surface area contributed by atoms with E-state index in [1.165, 1.54) is 12.0 Å². The lowest BCUT2D eigenvalue weighted by atomic mass is 10.00. The molecule has 0 aromatic rings. The maximum absolute atomic E-state index is 11.6. The first-order chi connectivity index (χ1) is 7.56. The summed E-state index contributed by atoms with van der Waals surface area (Å²) in [6.45, 7) is 0.529. The standard InChI is InChI=1S/C9H13N3O4/c1-16-4-5-2-6(8(10)13)7-3-11(5)9(14)12(7)15/h2,5,7,15H,3-4H2,1H3,(H2,10,13)/t5-,7-/m0/s1. The molecule has 16 heavy (non-hydrogen) atoms. The Kier molecular flexibility index (Phi) is 2.56. The SMILES string of the molecule is COC[C@@H]1C=C(C(N)=O)[C@@H]2CN1C(=O)N2O. The van der Waals surface area contributed by atoms with Crippen LogP contribution in [0.15, 0.2) is 11.6 Å². The molecule has 7 heteroatoms. The van der Waals surface area contributed by atoms with Gasteiger partial charge in [-0.05, 0) is 6.08 Å². The van der Waals surface area contributed by atoms with Crippen molar-refractivity contribution in [1.29, 1.82) is 0 Å². The number of fused-ring (bicyclic) bond motifs is 2. The number of nitrogens with zero attached hydrogens (tertiary/aromatic N) is 2. The summed E-state index contributed by atoms with van der Waals surface area (Å²) >= 11 is 0. The maximum Gasteiger partial charge on any atom is 0.345 e. The number of amides is 3. The van der Waals surface area contributed by atoms with Crippen LogP contribution in [0.25, 0.3) is 0 Å². The highest BCUT2D eigenvalue weighted by atomic mass is 16.5. The molecule has 2 atom stereocenters. The molecule has 0 saturated carbocycles. The topological polar surface area (TPSA) is 96.1 Å². The highest BCUT2D eigenvalue weighted by molar-refractivity contribution is 5.96. The summed E-state index contributed by atoms with van der Waals surface area (Å²) in [5.74, 6) is -0.625. The number of rotatable bonds is 3. The third-order valence-electron chi connectivity index (χ3n) is 2.86. The lowest BCUT2D eigenvalue weighted by molar-refractivity contribution is -0.116. The highest BCUT2D eigenvalue weighted by Gasteiger charge is 2.46. The number of carbonyl (C=O) groups is 2. The quantitative estimate of drug-likeness (QED) is 0.599. The minimum Gasteiger partial charge on any atom is -0.382 e. The molecule has 0 aromatic carbocycles. The molecule has 0 aliphatic carbocycles. The first kappa shape index (κ1) is 10.9. The van der Waals surface area contributed by atoms with Crippen LogP contribution in [0.1, 0.15) is 0 Å². The molecule has 0 radical (unpaired) electrons. The van der Waals surface area contributed by atoms with Crippen molar-refractivity contribution in [2.24, 2.45) is 5.73 Å². The van der Waals surface area contributed by atoms with E-state index in [1.807, 2.05) is 0 Å². The zero-order valence-corrected chi connectivity index (χ0v) is 8.79. The number of hydroxylamine groups is 2. The van der Waals surface area contributed by atoms with Crippen molar-refractivity contribution < 1.29 is 19.5 Å². The number of methoxy groups -OCH3 is 1. The summed E-state index contributed by atoms with van der Waals surface area (Å²) in [6, 6.07) is -1.54. The number of primary amides is 1. The highest BCUT2D eigenvalue weighted by Crippen LogP contribution is 2.28. The molecule has 2 rings (SSSR count). The number of urea groups is 1. The fraction of sp³-hybridized carbons (Fsp3) is 0.556. The Labute approximate surface area is 92.0 Å². The first-order valence-corrected chi connectivity index (χ1v) is 4.85. The molecule has 0 aromatic heterocycles. The Balaban J connectivity index is 2.33. The monoisotopic (exact) mass is 227 g/mol. The lowest BCUT2D eigenvalue weighted by Crippen LogP contribution is -2.43. The normalized spacial score (nSPS) is 28.4. The summed E-state index contributed by atoms with van der Waals surface area (Å²) in [7, 11) is 1.50. The van der Waals surface area contributed by atoms with Crippen LogP contribution in [0.4, 0.5) is 4.79 Å². The van der Waals surface area contributed by atoms with E-state index in [2.05, 4.69) is 0 Å². The molecule has 2 aliphatic rings. The van der Waals surface area contributed by atoms with Crippen LogP contribution >= 0.6 is 0 Å². The Morgan fingerprint density at radius 3 is 3.00 bits per heavy atom. The lowest BCUT2D eigenvalue weighted by Gasteiger charge is -2.27. The molecule has 7 nitrogen and oxygen atoms in total. The molecule has 2 heterocycles. The van der Waals surface area contributed by atoms with E-state index in [9.17, 15) is 14.8 Å². The predicted molar refractivity (Wildman–Crippen MR) is 52.5 cm³/mol. The molecule has 1 saturated heterocycles. The van der Waals surface area contributed by atoms with Gasteiger partial charge in [0.05, 0.1) is 19.2 Å². The van der Waals surface area contributed by atoms with E-state index < -0.39 is 18.0 Å². The summed E-state index contributed by atoms with van der Waals surface area (Å²) in [5, 5.41) is 10.1. The molecule has 0 unspecified atom stereocenters. The second-order valence-corrected chi connectivity index (χ2v) is 3.80. The summed E-state index contributed by atoms with van der Waals surface area (Å²) in [5.41, 5.74) is 5.46. The van der Waals surface area contributed by atoms with Gasteiger partial charge in [0.15, 0.2) is 0 Å². The van der Waals surface area contributed by atoms with Gasteiger partial charge in [0.2, 0.25) is 5.91 Å². The minimum absolute atomic E-state index is 0.256. The van der Waals surface area contributed by atoms with Gasteiger partial charge in [-0.2, -0.15) is 5.06 Å². The average Bonchev–Trinajstić information content (AvgIpc) is 2.48. The summed E-state index contributed by atoms with van der Waals surface area (Å²) in [6.07, 6.45) is 1.58. The van der Waals surface area contributed by atoms with Gasteiger partial charge in [-0.3, -0.25) is 10.0 Å². The molecule has 88 valence electrons. The number of carbonyl (C=O) groups excluding carboxylic acids is 2. The van der Waals surface area contributed by atoms with Crippen LogP contribution in [0.2, 0.25) is 0 Å². The van der Waals surface area contributed by atoms with Crippen molar-refractivity contribution in [3.63, 3.8) is 0 Å². The number of hydrogen-bond donors (Lipinski definition) is 2. The van der Waals surface area contributed by atoms with Crippen LogP contribution in [-0.4, -0.2) is 59.5 Å². The van der Waals surface area contributed by atoms with Crippen molar-refractivity contribution in [2.45, 2.75) is 12.1 Å². The van der Waals surface area contributed by atoms with Gasteiger partial charge >= 0.3 is 6.03 Å². The molecular formula is C9H13N3O4. The van der Waals surface area contributed by atoms with Crippen LogP contribution in [-0.2, 0) is 9.53 Å². The Morgan fingerprint density at radius 2 is 2.44 bits per heavy atom. The number of nitrogens with two attached hydrogens (primary N) is 1. The average molecular weight is 227 g/mol. The van der Waals surface area contributed by atoms with E-state index in [-0.39, 0.29) is 24.8 Å².